The van der Waals surface area contributed by atoms with Gasteiger partial charge in [0.05, 0.1) is 6.61 Å². The number of halogens is 1. The quantitative estimate of drug-likeness (QED) is 0.875. The average Bonchev–Trinajstić information content (AvgIpc) is 2.77. The van der Waals surface area contributed by atoms with Crippen molar-refractivity contribution in [2.45, 2.75) is 18.9 Å². The van der Waals surface area contributed by atoms with Crippen molar-refractivity contribution in [2.75, 3.05) is 19.8 Å². The normalized spacial score (nSPS) is 23.1. The van der Waals surface area contributed by atoms with Crippen molar-refractivity contribution in [1.29, 1.82) is 0 Å². The number of hydrogen-bond acceptors (Lipinski definition) is 3. The van der Waals surface area contributed by atoms with Crippen molar-refractivity contribution in [3.05, 3.63) is 34.3 Å². The van der Waals surface area contributed by atoms with Gasteiger partial charge in [0.25, 0.3) is 5.91 Å². The largest absolute Gasteiger partial charge is 0.386 e. The van der Waals surface area contributed by atoms with E-state index >= 15 is 0 Å². The SMILES string of the molecule is Cc1ccc(Cl)cc1C(=O)NCC1(O)CCOC1. The van der Waals surface area contributed by atoms with Gasteiger partial charge in [-0.15, -0.1) is 0 Å². The molecule has 0 aromatic heterocycles. The molecule has 5 heteroatoms. The van der Waals surface area contributed by atoms with Crippen molar-refractivity contribution in [1.82, 2.24) is 5.32 Å². The molecule has 1 saturated heterocycles. The van der Waals surface area contributed by atoms with Gasteiger partial charge in [0, 0.05) is 30.2 Å². The van der Waals surface area contributed by atoms with Crippen molar-refractivity contribution in [3.63, 3.8) is 0 Å². The molecule has 1 aromatic rings. The first kappa shape index (κ1) is 13.3. The van der Waals surface area contributed by atoms with Gasteiger partial charge in [-0.25, -0.2) is 0 Å². The zero-order chi connectivity index (χ0) is 13.2. The highest BCUT2D eigenvalue weighted by Crippen LogP contribution is 2.18. The lowest BCUT2D eigenvalue weighted by Crippen LogP contribution is -2.43. The van der Waals surface area contributed by atoms with Gasteiger partial charge >= 0.3 is 0 Å². The Balaban J connectivity index is 2.01. The van der Waals surface area contributed by atoms with Gasteiger partial charge in [0.2, 0.25) is 0 Å². The molecule has 1 aliphatic heterocycles. The minimum Gasteiger partial charge on any atom is -0.386 e. The summed E-state index contributed by atoms with van der Waals surface area (Å²) in [6.45, 7) is 2.83. The number of hydrogen-bond donors (Lipinski definition) is 2. The summed E-state index contributed by atoms with van der Waals surface area (Å²) in [6.07, 6.45) is 0.543. The summed E-state index contributed by atoms with van der Waals surface area (Å²) in [5.41, 5.74) is 0.443. The van der Waals surface area contributed by atoms with E-state index in [0.29, 0.717) is 23.6 Å². The fourth-order valence-electron chi connectivity index (χ4n) is 1.91. The molecule has 1 aromatic carbocycles. The summed E-state index contributed by atoms with van der Waals surface area (Å²) in [4.78, 5) is 12.0. The molecule has 1 fully saturated rings. The molecule has 1 unspecified atom stereocenters. The van der Waals surface area contributed by atoms with Crippen LogP contribution in [0.1, 0.15) is 22.3 Å². The van der Waals surface area contributed by atoms with Crippen molar-refractivity contribution in [3.8, 4) is 0 Å². The predicted molar refractivity (Wildman–Crippen MR) is 68.9 cm³/mol. The van der Waals surface area contributed by atoms with E-state index in [1.54, 1.807) is 18.2 Å². The molecule has 0 saturated carbocycles. The van der Waals surface area contributed by atoms with E-state index in [-0.39, 0.29) is 19.1 Å². The Labute approximate surface area is 111 Å². The molecule has 1 aliphatic rings. The highest BCUT2D eigenvalue weighted by atomic mass is 35.5. The highest BCUT2D eigenvalue weighted by Gasteiger charge is 2.32. The lowest BCUT2D eigenvalue weighted by Gasteiger charge is -2.20. The van der Waals surface area contributed by atoms with Crippen molar-refractivity contribution < 1.29 is 14.6 Å². The number of nitrogens with one attached hydrogen (secondary N) is 1. The van der Waals surface area contributed by atoms with Gasteiger partial charge in [-0.3, -0.25) is 4.79 Å². The van der Waals surface area contributed by atoms with E-state index in [0.717, 1.165) is 5.56 Å². The first-order valence-electron chi connectivity index (χ1n) is 5.85. The summed E-state index contributed by atoms with van der Waals surface area (Å²) in [5, 5.41) is 13.3. The molecule has 2 N–H and O–H groups in total. The standard InChI is InChI=1S/C13H16ClNO3/c1-9-2-3-10(14)6-11(9)12(16)15-7-13(17)4-5-18-8-13/h2-3,6,17H,4-5,7-8H2,1H3,(H,15,16). The van der Waals surface area contributed by atoms with Crippen LogP contribution in [0.3, 0.4) is 0 Å². The fraction of sp³-hybridized carbons (Fsp3) is 0.462. The second-order valence-electron chi connectivity index (χ2n) is 4.67. The lowest BCUT2D eigenvalue weighted by molar-refractivity contribution is 0.0264. The minimum absolute atomic E-state index is 0.192. The Hall–Kier alpha value is -1.10. The maximum absolute atomic E-state index is 12.0. The molecule has 4 nitrogen and oxygen atoms in total. The van der Waals surface area contributed by atoms with Gasteiger partial charge in [0.15, 0.2) is 0 Å². The van der Waals surface area contributed by atoms with Crippen LogP contribution in [-0.4, -0.2) is 36.4 Å². The Morgan fingerprint density at radius 3 is 3.06 bits per heavy atom. The van der Waals surface area contributed by atoms with Gasteiger partial charge < -0.3 is 15.2 Å². The molecule has 1 atom stereocenters. The Bertz CT molecular complexity index is 456. The highest BCUT2D eigenvalue weighted by molar-refractivity contribution is 6.31. The number of benzene rings is 1. The first-order chi connectivity index (χ1) is 8.50. The van der Waals surface area contributed by atoms with Crippen LogP contribution in [0.25, 0.3) is 0 Å². The summed E-state index contributed by atoms with van der Waals surface area (Å²) in [7, 11) is 0. The van der Waals surface area contributed by atoms with E-state index in [1.165, 1.54) is 0 Å². The fourth-order valence-corrected chi connectivity index (χ4v) is 2.09. The van der Waals surface area contributed by atoms with E-state index in [2.05, 4.69) is 5.32 Å². The molecule has 98 valence electrons. The molecule has 1 heterocycles. The number of carbonyl (C=O) groups is 1. The molecular weight excluding hydrogens is 254 g/mol. The maximum atomic E-state index is 12.0. The van der Waals surface area contributed by atoms with Crippen LogP contribution in [-0.2, 0) is 4.74 Å². The smallest absolute Gasteiger partial charge is 0.251 e. The second kappa shape index (κ2) is 5.26. The van der Waals surface area contributed by atoms with E-state index < -0.39 is 5.60 Å². The van der Waals surface area contributed by atoms with Gasteiger partial charge in [-0.1, -0.05) is 17.7 Å². The Morgan fingerprint density at radius 2 is 2.39 bits per heavy atom. The van der Waals surface area contributed by atoms with Crippen LogP contribution in [0.15, 0.2) is 18.2 Å². The molecular formula is C13H16ClNO3. The zero-order valence-electron chi connectivity index (χ0n) is 10.2. The third kappa shape index (κ3) is 3.02. The van der Waals surface area contributed by atoms with E-state index in [9.17, 15) is 9.90 Å². The predicted octanol–water partition coefficient (Wildman–Crippen LogP) is 1.53. The summed E-state index contributed by atoms with van der Waals surface area (Å²) in [6, 6.07) is 5.16. The average molecular weight is 270 g/mol. The van der Waals surface area contributed by atoms with Gasteiger partial charge in [-0.2, -0.15) is 0 Å². The third-order valence-corrected chi connectivity index (χ3v) is 3.34. The minimum atomic E-state index is -0.942. The molecule has 0 spiro atoms. The van der Waals surface area contributed by atoms with E-state index in [4.69, 9.17) is 16.3 Å². The lowest BCUT2D eigenvalue weighted by atomic mass is 10.0. The number of amides is 1. The summed E-state index contributed by atoms with van der Waals surface area (Å²) >= 11 is 5.87. The van der Waals surface area contributed by atoms with Crippen LogP contribution >= 0.6 is 11.6 Å². The van der Waals surface area contributed by atoms with Crippen molar-refractivity contribution in [2.24, 2.45) is 0 Å². The number of aliphatic hydroxyl groups is 1. The Morgan fingerprint density at radius 1 is 1.61 bits per heavy atom. The summed E-state index contributed by atoms with van der Waals surface area (Å²) < 4.78 is 5.12. The summed E-state index contributed by atoms with van der Waals surface area (Å²) in [5.74, 6) is -0.227. The van der Waals surface area contributed by atoms with Crippen LogP contribution in [0.2, 0.25) is 5.02 Å². The number of ether oxygens (including phenoxy) is 1. The van der Waals surface area contributed by atoms with E-state index in [1.807, 2.05) is 6.92 Å². The molecule has 2 rings (SSSR count). The maximum Gasteiger partial charge on any atom is 0.251 e. The molecule has 0 aliphatic carbocycles. The zero-order valence-corrected chi connectivity index (χ0v) is 11.0. The van der Waals surface area contributed by atoms with Crippen LogP contribution < -0.4 is 5.32 Å². The second-order valence-corrected chi connectivity index (χ2v) is 5.11. The molecule has 0 bridgehead atoms. The first-order valence-corrected chi connectivity index (χ1v) is 6.22. The van der Waals surface area contributed by atoms with Gasteiger partial charge in [0.1, 0.15) is 5.60 Å². The molecule has 1 amide bonds. The monoisotopic (exact) mass is 269 g/mol. The number of aryl methyl sites for hydroxylation is 1. The third-order valence-electron chi connectivity index (χ3n) is 3.10. The topological polar surface area (TPSA) is 58.6 Å². The van der Waals surface area contributed by atoms with Crippen LogP contribution in [0.5, 0.6) is 0 Å². The molecule has 18 heavy (non-hydrogen) atoms. The molecule has 0 radical (unpaired) electrons. The van der Waals surface area contributed by atoms with Crippen LogP contribution in [0.4, 0.5) is 0 Å². The Kier molecular flexibility index (Phi) is 3.90. The van der Waals surface area contributed by atoms with Crippen LogP contribution in [0, 0.1) is 6.92 Å². The van der Waals surface area contributed by atoms with Gasteiger partial charge in [-0.05, 0) is 24.6 Å². The number of rotatable bonds is 3. The number of carbonyl (C=O) groups excluding carboxylic acids is 1. The van der Waals surface area contributed by atoms with Crippen molar-refractivity contribution >= 4 is 17.5 Å².